The first-order chi connectivity index (χ1) is 9.84. The molecule has 1 N–H and O–H groups in total. The molecule has 0 aliphatic carbocycles. The Morgan fingerprint density at radius 2 is 1.90 bits per heavy atom. The van der Waals surface area contributed by atoms with Crippen LogP contribution in [0.1, 0.15) is 16.0 Å². The van der Waals surface area contributed by atoms with Crippen LogP contribution in [0.2, 0.25) is 0 Å². The largest absolute Gasteiger partial charge is 0.416 e. The second kappa shape index (κ2) is 6.89. The van der Waals surface area contributed by atoms with Crippen LogP contribution in [0, 0.1) is 5.82 Å². The lowest BCUT2D eigenvalue weighted by molar-refractivity contribution is -0.137. The summed E-state index contributed by atoms with van der Waals surface area (Å²) in [6.07, 6.45) is -3.75. The van der Waals surface area contributed by atoms with Crippen molar-refractivity contribution in [2.75, 3.05) is 6.54 Å². The minimum absolute atomic E-state index is 0.202. The number of alkyl halides is 3. The first-order valence-electron chi connectivity index (χ1n) is 6.16. The molecule has 0 radical (unpaired) electrons. The normalized spacial score (nSPS) is 11.9. The Hall–Kier alpha value is -0.920. The van der Waals surface area contributed by atoms with E-state index in [1.165, 1.54) is 4.88 Å². The molecular weight excluding hydrogens is 370 g/mol. The minimum atomic E-state index is -4.53. The van der Waals surface area contributed by atoms with Crippen molar-refractivity contribution in [3.63, 3.8) is 0 Å². The van der Waals surface area contributed by atoms with Crippen LogP contribution in [0.15, 0.2) is 34.1 Å². The number of halogens is 5. The van der Waals surface area contributed by atoms with Gasteiger partial charge in [0.2, 0.25) is 0 Å². The van der Waals surface area contributed by atoms with Crippen LogP contribution in [0.3, 0.4) is 0 Å². The molecule has 0 fully saturated rings. The molecule has 0 unspecified atom stereocenters. The number of nitrogens with one attached hydrogen (secondary N) is 1. The van der Waals surface area contributed by atoms with E-state index in [0.29, 0.717) is 12.6 Å². The number of thiophene rings is 1. The zero-order chi connectivity index (χ0) is 15.5. The molecule has 1 aromatic heterocycles. The SMILES string of the molecule is Fc1cc(CNCCc2ccc(Br)s2)cc(C(F)(F)F)c1. The van der Waals surface area contributed by atoms with E-state index in [1.54, 1.807) is 11.3 Å². The average molecular weight is 382 g/mol. The third-order valence-electron chi connectivity index (χ3n) is 2.79. The van der Waals surface area contributed by atoms with Gasteiger partial charge in [-0.05, 0) is 58.2 Å². The lowest BCUT2D eigenvalue weighted by Gasteiger charge is -2.10. The van der Waals surface area contributed by atoms with Crippen molar-refractivity contribution in [3.05, 3.63) is 55.9 Å². The van der Waals surface area contributed by atoms with Gasteiger partial charge in [-0.2, -0.15) is 13.2 Å². The fraction of sp³-hybridized carbons (Fsp3) is 0.286. The predicted molar refractivity (Wildman–Crippen MR) is 78.8 cm³/mol. The summed E-state index contributed by atoms with van der Waals surface area (Å²) < 4.78 is 52.0. The standard InChI is InChI=1S/C14H12BrF4NS/c15-13-2-1-12(21-13)3-4-20-8-9-5-10(14(17,18)19)7-11(16)6-9/h1-2,5-7,20H,3-4,8H2. The van der Waals surface area contributed by atoms with Crippen molar-refractivity contribution in [1.29, 1.82) is 0 Å². The van der Waals surface area contributed by atoms with Crippen LogP contribution in [0.5, 0.6) is 0 Å². The fourth-order valence-corrected chi connectivity index (χ4v) is 3.33. The average Bonchev–Trinajstić information content (AvgIpc) is 2.79. The van der Waals surface area contributed by atoms with Gasteiger partial charge >= 0.3 is 6.18 Å². The molecule has 114 valence electrons. The second-order valence-electron chi connectivity index (χ2n) is 4.48. The summed E-state index contributed by atoms with van der Waals surface area (Å²) in [5.41, 5.74) is -0.670. The van der Waals surface area contributed by atoms with Crippen LogP contribution in [0.4, 0.5) is 17.6 Å². The van der Waals surface area contributed by atoms with Crippen LogP contribution < -0.4 is 5.32 Å². The summed E-state index contributed by atoms with van der Waals surface area (Å²) in [6, 6.07) is 6.52. The molecule has 7 heteroatoms. The Bertz CT molecular complexity index is 609. The summed E-state index contributed by atoms with van der Waals surface area (Å²) in [6.45, 7) is 0.818. The topological polar surface area (TPSA) is 12.0 Å². The highest BCUT2D eigenvalue weighted by Gasteiger charge is 2.31. The van der Waals surface area contributed by atoms with Crippen molar-refractivity contribution in [3.8, 4) is 0 Å². The van der Waals surface area contributed by atoms with Crippen molar-refractivity contribution >= 4 is 27.3 Å². The molecule has 0 amide bonds. The van der Waals surface area contributed by atoms with Gasteiger partial charge in [-0.15, -0.1) is 11.3 Å². The van der Waals surface area contributed by atoms with Crippen molar-refractivity contribution in [2.45, 2.75) is 19.1 Å². The Balaban J connectivity index is 1.89. The van der Waals surface area contributed by atoms with E-state index in [-0.39, 0.29) is 12.1 Å². The molecule has 2 aromatic rings. The number of hydrogen-bond donors (Lipinski definition) is 1. The molecule has 0 aliphatic heterocycles. The number of rotatable bonds is 5. The van der Waals surface area contributed by atoms with E-state index in [2.05, 4.69) is 21.2 Å². The number of hydrogen-bond acceptors (Lipinski definition) is 2. The monoisotopic (exact) mass is 381 g/mol. The molecule has 0 aliphatic rings. The highest BCUT2D eigenvalue weighted by molar-refractivity contribution is 9.11. The van der Waals surface area contributed by atoms with Gasteiger partial charge in [-0.3, -0.25) is 0 Å². The molecule has 0 spiro atoms. The van der Waals surface area contributed by atoms with Gasteiger partial charge in [0, 0.05) is 18.0 Å². The number of benzene rings is 1. The van der Waals surface area contributed by atoms with Crippen molar-refractivity contribution in [1.82, 2.24) is 5.32 Å². The van der Waals surface area contributed by atoms with Crippen LogP contribution in [-0.2, 0) is 19.1 Å². The maximum Gasteiger partial charge on any atom is 0.416 e. The van der Waals surface area contributed by atoms with E-state index in [1.807, 2.05) is 12.1 Å². The Morgan fingerprint density at radius 3 is 2.52 bits per heavy atom. The zero-order valence-electron chi connectivity index (χ0n) is 10.8. The molecule has 0 saturated carbocycles. The van der Waals surface area contributed by atoms with Gasteiger partial charge < -0.3 is 5.32 Å². The molecular formula is C14H12BrF4NS. The summed E-state index contributed by atoms with van der Waals surface area (Å²) in [4.78, 5) is 1.17. The summed E-state index contributed by atoms with van der Waals surface area (Å²) in [5, 5.41) is 3.02. The van der Waals surface area contributed by atoms with Gasteiger partial charge in [0.15, 0.2) is 0 Å². The lowest BCUT2D eigenvalue weighted by Crippen LogP contribution is -2.17. The quantitative estimate of drug-likeness (QED) is 0.567. The maximum absolute atomic E-state index is 13.2. The Morgan fingerprint density at radius 1 is 1.14 bits per heavy atom. The van der Waals surface area contributed by atoms with Gasteiger partial charge in [0.1, 0.15) is 5.82 Å². The predicted octanol–water partition coefficient (Wildman–Crippen LogP) is 5.00. The summed E-state index contributed by atoms with van der Waals surface area (Å²) in [7, 11) is 0. The summed E-state index contributed by atoms with van der Waals surface area (Å²) >= 11 is 4.97. The van der Waals surface area contributed by atoms with Crippen LogP contribution >= 0.6 is 27.3 Å². The van der Waals surface area contributed by atoms with E-state index < -0.39 is 17.6 Å². The van der Waals surface area contributed by atoms with Gasteiger partial charge in [-0.1, -0.05) is 0 Å². The van der Waals surface area contributed by atoms with E-state index in [0.717, 1.165) is 22.3 Å². The maximum atomic E-state index is 13.2. The highest BCUT2D eigenvalue weighted by Crippen LogP contribution is 2.30. The molecule has 21 heavy (non-hydrogen) atoms. The van der Waals surface area contributed by atoms with Crippen LogP contribution in [0.25, 0.3) is 0 Å². The first kappa shape index (κ1) is 16.5. The van der Waals surface area contributed by atoms with Gasteiger partial charge in [0.05, 0.1) is 9.35 Å². The first-order valence-corrected chi connectivity index (χ1v) is 7.77. The lowest BCUT2D eigenvalue weighted by atomic mass is 10.1. The molecule has 0 atom stereocenters. The third kappa shape index (κ3) is 5.09. The van der Waals surface area contributed by atoms with E-state index >= 15 is 0 Å². The molecule has 0 bridgehead atoms. The van der Waals surface area contributed by atoms with Crippen molar-refractivity contribution in [2.24, 2.45) is 0 Å². The van der Waals surface area contributed by atoms with E-state index in [9.17, 15) is 17.6 Å². The third-order valence-corrected chi connectivity index (χ3v) is 4.47. The minimum Gasteiger partial charge on any atom is -0.312 e. The van der Waals surface area contributed by atoms with E-state index in [4.69, 9.17) is 0 Å². The molecule has 1 nitrogen and oxygen atoms in total. The zero-order valence-corrected chi connectivity index (χ0v) is 13.2. The smallest absolute Gasteiger partial charge is 0.312 e. The molecule has 2 rings (SSSR count). The second-order valence-corrected chi connectivity index (χ2v) is 7.03. The molecule has 0 saturated heterocycles. The Kier molecular flexibility index (Phi) is 5.40. The van der Waals surface area contributed by atoms with Gasteiger partial charge in [-0.25, -0.2) is 4.39 Å². The van der Waals surface area contributed by atoms with Gasteiger partial charge in [0.25, 0.3) is 0 Å². The van der Waals surface area contributed by atoms with Crippen molar-refractivity contribution < 1.29 is 17.6 Å². The summed E-state index contributed by atoms with van der Waals surface area (Å²) in [5.74, 6) is -0.871. The fourth-order valence-electron chi connectivity index (χ4n) is 1.85. The Labute approximate surface area is 132 Å². The highest BCUT2D eigenvalue weighted by atomic mass is 79.9. The molecule has 1 heterocycles. The molecule has 1 aromatic carbocycles. The van der Waals surface area contributed by atoms with Crippen LogP contribution in [-0.4, -0.2) is 6.54 Å².